The number of hydrogen-bond donors (Lipinski definition) is 2. The highest BCUT2D eigenvalue weighted by Crippen LogP contribution is 1.54. The lowest BCUT2D eigenvalue weighted by atomic mass is 10.5. The van der Waals surface area contributed by atoms with E-state index in [4.69, 9.17) is 5.11 Å². The molecule has 0 saturated carbocycles. The van der Waals surface area contributed by atoms with E-state index in [1.165, 1.54) is 0 Å². The molecule has 2 N–H and O–H groups in total. The van der Waals surface area contributed by atoms with Gasteiger partial charge in [-0.3, -0.25) is 0 Å². The fourth-order valence-corrected chi connectivity index (χ4v) is 0.621. The summed E-state index contributed by atoms with van der Waals surface area (Å²) in [5, 5.41) is 8.66. The molecule has 0 aliphatic rings. The van der Waals surface area contributed by atoms with E-state index in [2.05, 4.69) is 13.2 Å². The lowest BCUT2D eigenvalue weighted by molar-refractivity contribution is -0.907. The molecule has 0 spiro atoms. The predicted octanol–water partition coefficient (Wildman–Crippen LogP) is -0.807. The smallest absolute Gasteiger partial charge is 0.179 e. The summed E-state index contributed by atoms with van der Waals surface area (Å²) in [4.78, 5) is 1.07. The van der Waals surface area contributed by atoms with Gasteiger partial charge in [-0.05, 0) is 12.2 Å². The highest BCUT2D eigenvalue weighted by atomic mass is 16.3. The van der Waals surface area contributed by atoms with Crippen molar-refractivity contribution >= 4 is 0 Å². The van der Waals surface area contributed by atoms with Crippen LogP contribution in [0.2, 0.25) is 0 Å². The zero-order chi connectivity index (χ0) is 7.11. The third-order valence-electron chi connectivity index (χ3n) is 1.09. The van der Waals surface area contributed by atoms with Crippen LogP contribution in [0.25, 0.3) is 0 Å². The second-order valence-corrected chi connectivity index (χ2v) is 1.89. The predicted molar refractivity (Wildman–Crippen MR) is 38.2 cm³/mol. The molecule has 2 nitrogen and oxygen atoms in total. The molecule has 2 heteroatoms. The van der Waals surface area contributed by atoms with E-state index in [9.17, 15) is 0 Å². The van der Waals surface area contributed by atoms with Crippen molar-refractivity contribution in [2.45, 2.75) is 0 Å². The quantitative estimate of drug-likeness (QED) is 0.367. The molecule has 0 atom stereocenters. The van der Waals surface area contributed by atoms with Crippen molar-refractivity contribution in [3.8, 4) is 0 Å². The summed E-state index contributed by atoms with van der Waals surface area (Å²) in [5.74, 6) is 0. The van der Waals surface area contributed by atoms with E-state index in [1.807, 2.05) is 0 Å². The van der Waals surface area contributed by atoms with E-state index in [0.717, 1.165) is 18.0 Å². The van der Waals surface area contributed by atoms with Gasteiger partial charge in [0.25, 0.3) is 0 Å². The summed E-state index contributed by atoms with van der Waals surface area (Å²) in [7, 11) is 0. The van der Waals surface area contributed by atoms with Crippen LogP contribution in [-0.2, 0) is 0 Å². The molecular formula is C7H14NO+. The minimum atomic E-state index is 0.151. The number of aliphatic hydroxyl groups is 1. The summed E-state index contributed by atoms with van der Waals surface area (Å²) in [6.07, 6.45) is 3.57. The molecule has 0 aromatic heterocycles. The van der Waals surface area contributed by atoms with Crippen molar-refractivity contribution < 1.29 is 10.0 Å². The molecule has 0 aromatic carbocycles. The van der Waals surface area contributed by atoms with Gasteiger partial charge >= 0.3 is 0 Å². The zero-order valence-corrected chi connectivity index (χ0v) is 5.64. The van der Waals surface area contributed by atoms with Crippen LogP contribution < -0.4 is 4.90 Å². The highest BCUT2D eigenvalue weighted by molar-refractivity contribution is 4.66. The van der Waals surface area contributed by atoms with Crippen LogP contribution in [0, 0.1) is 0 Å². The summed E-state index contributed by atoms with van der Waals surface area (Å²) in [5.41, 5.74) is 0. The van der Waals surface area contributed by atoms with Gasteiger partial charge in [0.05, 0.1) is 13.1 Å². The molecule has 9 heavy (non-hydrogen) atoms. The van der Waals surface area contributed by atoms with E-state index in [1.54, 1.807) is 12.2 Å². The average molecular weight is 128 g/mol. The molecule has 0 aromatic rings. The van der Waals surface area contributed by atoms with Gasteiger partial charge in [-0.15, -0.1) is 0 Å². The van der Waals surface area contributed by atoms with Crippen LogP contribution in [-0.4, -0.2) is 24.9 Å². The molecule has 0 rings (SSSR count). The Morgan fingerprint density at radius 3 is 1.89 bits per heavy atom. The third kappa shape index (κ3) is 3.94. The van der Waals surface area contributed by atoms with Crippen LogP contribution in [0.3, 0.4) is 0 Å². The van der Waals surface area contributed by atoms with Gasteiger partial charge < -0.3 is 10.0 Å². The normalized spacial score (nSPS) is 9.56. The average Bonchev–Trinajstić information content (AvgIpc) is 1.88. The Morgan fingerprint density at radius 2 is 1.67 bits per heavy atom. The SMILES string of the molecule is C=CC[NH+](CO)CC=C. The first-order valence-electron chi connectivity index (χ1n) is 3.01. The largest absolute Gasteiger partial charge is 0.347 e. The van der Waals surface area contributed by atoms with Gasteiger partial charge in [-0.2, -0.15) is 0 Å². The first kappa shape index (κ1) is 8.40. The van der Waals surface area contributed by atoms with Crippen LogP contribution >= 0.6 is 0 Å². The van der Waals surface area contributed by atoms with E-state index < -0.39 is 0 Å². The van der Waals surface area contributed by atoms with Crippen molar-refractivity contribution in [1.82, 2.24) is 0 Å². The van der Waals surface area contributed by atoms with E-state index in [-0.39, 0.29) is 6.73 Å². The van der Waals surface area contributed by atoms with Crippen molar-refractivity contribution in [3.05, 3.63) is 25.3 Å². The molecule has 0 saturated heterocycles. The minimum Gasteiger partial charge on any atom is -0.347 e. The second kappa shape index (κ2) is 5.54. The van der Waals surface area contributed by atoms with Crippen LogP contribution in [0.1, 0.15) is 0 Å². The number of aliphatic hydroxyl groups excluding tert-OH is 1. The standard InChI is InChI=1S/C7H13NO/c1-3-5-8(7-9)6-4-2/h3-4,9H,1-2,5-7H2/p+1. The lowest BCUT2D eigenvalue weighted by Gasteiger charge is -2.10. The fourth-order valence-electron chi connectivity index (χ4n) is 0.621. The summed E-state index contributed by atoms with van der Waals surface area (Å²) in [6, 6.07) is 0. The third-order valence-corrected chi connectivity index (χ3v) is 1.09. The molecule has 0 aliphatic heterocycles. The highest BCUT2D eigenvalue weighted by Gasteiger charge is 1.97. The van der Waals surface area contributed by atoms with Crippen molar-refractivity contribution in [1.29, 1.82) is 0 Å². The van der Waals surface area contributed by atoms with Crippen LogP contribution in [0.5, 0.6) is 0 Å². The van der Waals surface area contributed by atoms with Crippen molar-refractivity contribution in [2.24, 2.45) is 0 Å². The van der Waals surface area contributed by atoms with Gasteiger partial charge in [0.15, 0.2) is 6.73 Å². The maximum Gasteiger partial charge on any atom is 0.179 e. The second-order valence-electron chi connectivity index (χ2n) is 1.89. The molecule has 52 valence electrons. The molecule has 0 amide bonds. The first-order chi connectivity index (χ1) is 4.35. The first-order valence-corrected chi connectivity index (χ1v) is 3.01. The molecule has 0 heterocycles. The topological polar surface area (TPSA) is 24.7 Å². The van der Waals surface area contributed by atoms with Gasteiger partial charge in [0.2, 0.25) is 0 Å². The van der Waals surface area contributed by atoms with Gasteiger partial charge in [-0.1, -0.05) is 13.2 Å². The Morgan fingerprint density at radius 1 is 1.22 bits per heavy atom. The summed E-state index contributed by atoms with van der Waals surface area (Å²) in [6.45, 7) is 8.87. The maximum atomic E-state index is 8.66. The Kier molecular flexibility index (Phi) is 5.17. The number of hydrogen-bond acceptors (Lipinski definition) is 1. The monoisotopic (exact) mass is 128 g/mol. The Labute approximate surface area is 56.1 Å². The summed E-state index contributed by atoms with van der Waals surface area (Å²) >= 11 is 0. The fraction of sp³-hybridized carbons (Fsp3) is 0.429. The lowest BCUT2D eigenvalue weighted by Crippen LogP contribution is -3.11. The Balaban J connectivity index is 3.39. The summed E-state index contributed by atoms with van der Waals surface area (Å²) < 4.78 is 0. The van der Waals surface area contributed by atoms with Gasteiger partial charge in [-0.25, -0.2) is 0 Å². The number of nitrogens with one attached hydrogen (secondary N) is 1. The minimum absolute atomic E-state index is 0.151. The molecule has 0 unspecified atom stereocenters. The molecule has 0 radical (unpaired) electrons. The van der Waals surface area contributed by atoms with Gasteiger partial charge in [0, 0.05) is 0 Å². The zero-order valence-electron chi connectivity index (χ0n) is 5.64. The molecule has 0 fully saturated rings. The van der Waals surface area contributed by atoms with Crippen LogP contribution in [0.15, 0.2) is 25.3 Å². The number of rotatable bonds is 5. The number of quaternary nitrogens is 1. The molecule has 0 bridgehead atoms. The van der Waals surface area contributed by atoms with E-state index in [0.29, 0.717) is 0 Å². The van der Waals surface area contributed by atoms with E-state index >= 15 is 0 Å². The maximum absolute atomic E-state index is 8.66. The van der Waals surface area contributed by atoms with Crippen LogP contribution in [0.4, 0.5) is 0 Å². The van der Waals surface area contributed by atoms with Crippen molar-refractivity contribution in [3.63, 3.8) is 0 Å². The molecule has 0 aliphatic carbocycles. The van der Waals surface area contributed by atoms with Crippen molar-refractivity contribution in [2.75, 3.05) is 19.8 Å². The Bertz CT molecular complexity index is 80.9. The Hall–Kier alpha value is -0.600. The molecular weight excluding hydrogens is 114 g/mol. The van der Waals surface area contributed by atoms with Gasteiger partial charge in [0.1, 0.15) is 0 Å².